The predicted octanol–water partition coefficient (Wildman–Crippen LogP) is 1.95. The maximum atomic E-state index is 5.88. The van der Waals surface area contributed by atoms with Crippen LogP contribution < -0.4 is 5.73 Å². The normalized spacial score (nSPS) is 11.2. The van der Waals surface area contributed by atoms with Crippen LogP contribution in [-0.4, -0.2) is 15.0 Å². The van der Waals surface area contributed by atoms with E-state index in [1.54, 1.807) is 4.68 Å². The number of rotatable bonds is 3. The lowest BCUT2D eigenvalue weighted by atomic mass is 10.3. The van der Waals surface area contributed by atoms with Crippen LogP contribution in [0.15, 0.2) is 0 Å². The summed E-state index contributed by atoms with van der Waals surface area (Å²) in [5.74, 6) is 1.76. The van der Waals surface area contributed by atoms with Gasteiger partial charge in [0.1, 0.15) is 5.82 Å². The van der Waals surface area contributed by atoms with Crippen LogP contribution in [0.5, 0.6) is 0 Å². The Kier molecular flexibility index (Phi) is 3.25. The lowest BCUT2D eigenvalue weighted by molar-refractivity contribution is 0.767. The molecule has 0 aliphatic rings. The smallest absolute Gasteiger partial charge is 0.125 e. The number of nitrogens with zero attached hydrogens (tertiary/aromatic N) is 2. The molecule has 1 rings (SSSR count). The topological polar surface area (TPSA) is 43.8 Å². The number of aryl methyl sites for hydroxylation is 2. The van der Waals surface area contributed by atoms with Gasteiger partial charge in [-0.05, 0) is 12.2 Å². The number of nitrogens with two attached hydrogens (primary N) is 1. The highest BCUT2D eigenvalue weighted by Gasteiger charge is 2.10. The fourth-order valence-corrected chi connectivity index (χ4v) is 2.01. The quantitative estimate of drug-likeness (QED) is 0.809. The van der Waals surface area contributed by atoms with Crippen molar-refractivity contribution in [3.8, 4) is 0 Å². The average Bonchev–Trinajstić information content (AvgIpc) is 2.24. The van der Waals surface area contributed by atoms with E-state index in [4.69, 9.17) is 5.73 Å². The minimum atomic E-state index is 0.638. The van der Waals surface area contributed by atoms with Crippen LogP contribution in [0.2, 0.25) is 0 Å². The molecule has 0 amide bonds. The Morgan fingerprint density at radius 1 is 1.54 bits per heavy atom. The molecular formula is C9H17N3S. The summed E-state index contributed by atoms with van der Waals surface area (Å²) in [5, 5.41) is 4.90. The van der Waals surface area contributed by atoms with Gasteiger partial charge in [-0.2, -0.15) is 16.9 Å². The van der Waals surface area contributed by atoms with E-state index >= 15 is 0 Å². The van der Waals surface area contributed by atoms with Crippen molar-refractivity contribution >= 4 is 17.6 Å². The van der Waals surface area contributed by atoms with E-state index < -0.39 is 0 Å². The Balaban J connectivity index is 2.76. The van der Waals surface area contributed by atoms with Gasteiger partial charge in [0.25, 0.3) is 0 Å². The van der Waals surface area contributed by atoms with Crippen molar-refractivity contribution in [1.82, 2.24) is 9.78 Å². The van der Waals surface area contributed by atoms with E-state index in [0.717, 1.165) is 17.3 Å². The Morgan fingerprint density at radius 2 is 2.15 bits per heavy atom. The van der Waals surface area contributed by atoms with Gasteiger partial charge in [-0.1, -0.05) is 13.8 Å². The molecule has 0 saturated carbocycles. The standard InChI is InChI=1S/C9H17N3S/c1-6(2)13-5-8-7(3)11-12(4)9(8)10/h6H,5,10H2,1-4H3. The van der Waals surface area contributed by atoms with Crippen molar-refractivity contribution in [3.63, 3.8) is 0 Å². The molecule has 0 atom stereocenters. The monoisotopic (exact) mass is 199 g/mol. The highest BCUT2D eigenvalue weighted by molar-refractivity contribution is 7.99. The highest BCUT2D eigenvalue weighted by Crippen LogP contribution is 2.23. The maximum Gasteiger partial charge on any atom is 0.125 e. The summed E-state index contributed by atoms with van der Waals surface area (Å²) in [6, 6.07) is 0. The van der Waals surface area contributed by atoms with Gasteiger partial charge >= 0.3 is 0 Å². The molecule has 1 heterocycles. The summed E-state index contributed by atoms with van der Waals surface area (Å²) >= 11 is 1.89. The maximum absolute atomic E-state index is 5.88. The molecule has 0 saturated heterocycles. The third-order valence-electron chi connectivity index (χ3n) is 1.96. The number of aromatic nitrogens is 2. The second kappa shape index (κ2) is 4.05. The van der Waals surface area contributed by atoms with Gasteiger partial charge in [0.05, 0.1) is 5.69 Å². The van der Waals surface area contributed by atoms with Gasteiger partial charge in [-0.15, -0.1) is 0 Å². The molecule has 13 heavy (non-hydrogen) atoms. The zero-order chi connectivity index (χ0) is 10.0. The molecule has 2 N–H and O–H groups in total. The fourth-order valence-electron chi connectivity index (χ4n) is 1.15. The second-order valence-corrected chi connectivity index (χ2v) is 5.00. The van der Waals surface area contributed by atoms with Gasteiger partial charge < -0.3 is 5.73 Å². The summed E-state index contributed by atoms with van der Waals surface area (Å²) < 4.78 is 1.74. The third-order valence-corrected chi connectivity index (χ3v) is 3.08. The minimum absolute atomic E-state index is 0.638. The van der Waals surface area contributed by atoms with Crippen LogP contribution in [0.1, 0.15) is 25.1 Å². The van der Waals surface area contributed by atoms with Crippen LogP contribution in [0.3, 0.4) is 0 Å². The molecule has 0 spiro atoms. The van der Waals surface area contributed by atoms with Crippen LogP contribution in [0.4, 0.5) is 5.82 Å². The van der Waals surface area contributed by atoms with E-state index in [1.165, 1.54) is 5.56 Å². The zero-order valence-corrected chi connectivity index (χ0v) is 9.48. The molecule has 0 aliphatic carbocycles. The fraction of sp³-hybridized carbons (Fsp3) is 0.667. The third kappa shape index (κ3) is 2.40. The summed E-state index contributed by atoms with van der Waals surface area (Å²) in [5.41, 5.74) is 8.11. The summed E-state index contributed by atoms with van der Waals surface area (Å²) in [6.07, 6.45) is 0. The molecule has 0 unspecified atom stereocenters. The first-order valence-corrected chi connectivity index (χ1v) is 5.46. The van der Waals surface area contributed by atoms with Gasteiger partial charge in [0.2, 0.25) is 0 Å². The SMILES string of the molecule is Cc1nn(C)c(N)c1CSC(C)C. The Morgan fingerprint density at radius 3 is 2.54 bits per heavy atom. The van der Waals surface area contributed by atoms with Gasteiger partial charge in [0, 0.05) is 18.4 Å². The van der Waals surface area contributed by atoms with Crippen molar-refractivity contribution in [2.45, 2.75) is 31.8 Å². The van der Waals surface area contributed by atoms with Crippen molar-refractivity contribution in [3.05, 3.63) is 11.3 Å². The first-order valence-electron chi connectivity index (χ1n) is 4.42. The van der Waals surface area contributed by atoms with Crippen LogP contribution in [-0.2, 0) is 12.8 Å². The summed E-state index contributed by atoms with van der Waals surface area (Å²) in [7, 11) is 1.88. The first-order chi connectivity index (χ1) is 6.02. The number of hydrogen-bond donors (Lipinski definition) is 1. The van der Waals surface area contributed by atoms with Crippen LogP contribution >= 0.6 is 11.8 Å². The molecule has 1 aromatic rings. The molecule has 4 heteroatoms. The molecule has 0 radical (unpaired) electrons. The van der Waals surface area contributed by atoms with E-state index in [1.807, 2.05) is 25.7 Å². The Labute approximate surface area is 83.7 Å². The molecular weight excluding hydrogens is 182 g/mol. The van der Waals surface area contributed by atoms with E-state index in [2.05, 4.69) is 18.9 Å². The summed E-state index contributed by atoms with van der Waals surface area (Å²) in [6.45, 7) is 6.38. The van der Waals surface area contributed by atoms with E-state index in [-0.39, 0.29) is 0 Å². The minimum Gasteiger partial charge on any atom is -0.384 e. The van der Waals surface area contributed by atoms with Gasteiger partial charge in [-0.25, -0.2) is 0 Å². The lowest BCUT2D eigenvalue weighted by Gasteiger charge is -2.04. The molecule has 0 aliphatic heterocycles. The first kappa shape index (κ1) is 10.4. The van der Waals surface area contributed by atoms with Crippen molar-refractivity contribution in [2.75, 3.05) is 5.73 Å². The Bertz CT molecular complexity index is 291. The number of hydrogen-bond acceptors (Lipinski definition) is 3. The zero-order valence-electron chi connectivity index (χ0n) is 8.66. The molecule has 3 nitrogen and oxygen atoms in total. The molecule has 0 fully saturated rings. The molecule has 0 aromatic carbocycles. The number of thioether (sulfide) groups is 1. The molecule has 74 valence electrons. The lowest BCUT2D eigenvalue weighted by Crippen LogP contribution is -1.99. The van der Waals surface area contributed by atoms with E-state index in [0.29, 0.717) is 5.25 Å². The number of anilines is 1. The molecule has 0 bridgehead atoms. The van der Waals surface area contributed by atoms with Gasteiger partial charge in [-0.3, -0.25) is 4.68 Å². The van der Waals surface area contributed by atoms with Crippen molar-refractivity contribution in [2.24, 2.45) is 7.05 Å². The Hall–Kier alpha value is -0.640. The highest BCUT2D eigenvalue weighted by atomic mass is 32.2. The number of nitrogen functional groups attached to an aromatic ring is 1. The average molecular weight is 199 g/mol. The molecule has 1 aromatic heterocycles. The van der Waals surface area contributed by atoms with Crippen molar-refractivity contribution in [1.29, 1.82) is 0 Å². The largest absolute Gasteiger partial charge is 0.384 e. The predicted molar refractivity (Wildman–Crippen MR) is 58.8 cm³/mol. The van der Waals surface area contributed by atoms with Crippen LogP contribution in [0, 0.1) is 6.92 Å². The van der Waals surface area contributed by atoms with Crippen LogP contribution in [0.25, 0.3) is 0 Å². The second-order valence-electron chi connectivity index (χ2n) is 3.43. The van der Waals surface area contributed by atoms with E-state index in [9.17, 15) is 0 Å². The van der Waals surface area contributed by atoms with Gasteiger partial charge in [0.15, 0.2) is 0 Å². The van der Waals surface area contributed by atoms with Crippen molar-refractivity contribution < 1.29 is 0 Å². The summed E-state index contributed by atoms with van der Waals surface area (Å²) in [4.78, 5) is 0.